The summed E-state index contributed by atoms with van der Waals surface area (Å²) in [5, 5.41) is 12.9. The molecule has 0 aliphatic rings. The molecule has 0 aliphatic carbocycles. The van der Waals surface area contributed by atoms with Crippen LogP contribution in [0.5, 0.6) is 11.5 Å². The van der Waals surface area contributed by atoms with E-state index in [1.807, 2.05) is 26.8 Å². The lowest BCUT2D eigenvalue weighted by Crippen LogP contribution is -2.11. The Bertz CT molecular complexity index is 774. The van der Waals surface area contributed by atoms with Gasteiger partial charge in [0.05, 0.1) is 18.8 Å². The Hall–Kier alpha value is -2.40. The van der Waals surface area contributed by atoms with Crippen molar-refractivity contribution in [2.24, 2.45) is 0 Å². The molecule has 0 amide bonds. The molecule has 25 heavy (non-hydrogen) atoms. The van der Waals surface area contributed by atoms with Gasteiger partial charge in [-0.25, -0.2) is 4.79 Å². The van der Waals surface area contributed by atoms with Crippen molar-refractivity contribution in [3.8, 4) is 11.5 Å². The first kappa shape index (κ1) is 18.9. The zero-order chi connectivity index (χ0) is 18.6. The zero-order valence-corrected chi connectivity index (χ0v) is 15.5. The van der Waals surface area contributed by atoms with Gasteiger partial charge in [0.15, 0.2) is 11.5 Å². The van der Waals surface area contributed by atoms with E-state index in [1.165, 1.54) is 0 Å². The van der Waals surface area contributed by atoms with Crippen molar-refractivity contribution in [3.63, 3.8) is 0 Å². The summed E-state index contributed by atoms with van der Waals surface area (Å²) in [6.07, 6.45) is -0.00888. The summed E-state index contributed by atoms with van der Waals surface area (Å²) in [5.74, 6) is 0.284. The van der Waals surface area contributed by atoms with Crippen LogP contribution in [-0.2, 0) is 6.54 Å². The second kappa shape index (κ2) is 8.12. The standard InChI is InChI=1S/C19H22ClNO4/c1-11(2)25-18-14(8-15(20)9-17(18)24-4)10-21-16-6-5-13(19(22)23)7-12(16)3/h5-9,11,21H,10H2,1-4H3,(H,22,23). The van der Waals surface area contributed by atoms with E-state index in [4.69, 9.17) is 26.2 Å². The molecule has 0 unspecified atom stereocenters. The summed E-state index contributed by atoms with van der Waals surface area (Å²) in [6, 6.07) is 8.51. The molecule has 0 saturated carbocycles. The summed E-state index contributed by atoms with van der Waals surface area (Å²) in [6.45, 7) is 6.21. The molecule has 2 rings (SSSR count). The number of rotatable bonds is 7. The molecule has 0 aliphatic heterocycles. The van der Waals surface area contributed by atoms with Crippen LogP contribution >= 0.6 is 11.6 Å². The zero-order valence-electron chi connectivity index (χ0n) is 14.7. The Morgan fingerprint density at radius 3 is 2.56 bits per heavy atom. The summed E-state index contributed by atoms with van der Waals surface area (Å²) < 4.78 is 11.3. The van der Waals surface area contributed by atoms with Crippen molar-refractivity contribution in [1.29, 1.82) is 0 Å². The molecule has 2 aromatic carbocycles. The van der Waals surface area contributed by atoms with E-state index in [9.17, 15) is 4.79 Å². The second-order valence-corrected chi connectivity index (χ2v) is 6.39. The van der Waals surface area contributed by atoms with Crippen molar-refractivity contribution >= 4 is 23.3 Å². The van der Waals surface area contributed by atoms with Gasteiger partial charge in [0.25, 0.3) is 0 Å². The van der Waals surface area contributed by atoms with E-state index in [1.54, 1.807) is 31.4 Å². The maximum absolute atomic E-state index is 11.0. The van der Waals surface area contributed by atoms with Crippen LogP contribution in [0.2, 0.25) is 5.02 Å². The lowest BCUT2D eigenvalue weighted by Gasteiger charge is -2.19. The highest BCUT2D eigenvalue weighted by Crippen LogP contribution is 2.36. The molecule has 2 N–H and O–H groups in total. The van der Waals surface area contributed by atoms with Gasteiger partial charge in [-0.2, -0.15) is 0 Å². The van der Waals surface area contributed by atoms with E-state index in [-0.39, 0.29) is 11.7 Å². The third kappa shape index (κ3) is 4.79. The number of hydrogen-bond donors (Lipinski definition) is 2. The highest BCUT2D eigenvalue weighted by molar-refractivity contribution is 6.30. The molecule has 0 aromatic heterocycles. The number of hydrogen-bond acceptors (Lipinski definition) is 4. The lowest BCUT2D eigenvalue weighted by molar-refractivity contribution is 0.0697. The van der Waals surface area contributed by atoms with E-state index < -0.39 is 5.97 Å². The van der Waals surface area contributed by atoms with Crippen molar-refractivity contribution in [2.75, 3.05) is 12.4 Å². The van der Waals surface area contributed by atoms with E-state index in [2.05, 4.69) is 5.32 Å². The normalized spacial score (nSPS) is 10.6. The topological polar surface area (TPSA) is 67.8 Å². The number of aromatic carboxylic acids is 1. The fraction of sp³-hybridized carbons (Fsp3) is 0.316. The minimum Gasteiger partial charge on any atom is -0.493 e. The highest BCUT2D eigenvalue weighted by Gasteiger charge is 2.15. The SMILES string of the molecule is COc1cc(Cl)cc(CNc2ccc(C(=O)O)cc2C)c1OC(C)C. The Morgan fingerprint density at radius 1 is 1.28 bits per heavy atom. The number of methoxy groups -OCH3 is 1. The van der Waals surface area contributed by atoms with Crippen LogP contribution in [0.25, 0.3) is 0 Å². The molecule has 5 nitrogen and oxygen atoms in total. The van der Waals surface area contributed by atoms with Gasteiger partial charge in [-0.1, -0.05) is 11.6 Å². The first-order valence-corrected chi connectivity index (χ1v) is 8.30. The van der Waals surface area contributed by atoms with Gasteiger partial charge >= 0.3 is 5.97 Å². The van der Waals surface area contributed by atoms with Crippen molar-refractivity contribution in [1.82, 2.24) is 0 Å². The van der Waals surface area contributed by atoms with Crippen LogP contribution in [0.3, 0.4) is 0 Å². The number of halogens is 1. The van der Waals surface area contributed by atoms with Gasteiger partial charge < -0.3 is 19.9 Å². The number of aryl methyl sites for hydroxylation is 1. The Labute approximate surface area is 152 Å². The predicted octanol–water partition coefficient (Wildman–Crippen LogP) is 4.75. The van der Waals surface area contributed by atoms with Gasteiger partial charge in [-0.05, 0) is 50.6 Å². The summed E-state index contributed by atoms with van der Waals surface area (Å²) in [4.78, 5) is 11.0. The van der Waals surface area contributed by atoms with Crippen LogP contribution in [0.4, 0.5) is 5.69 Å². The summed E-state index contributed by atoms with van der Waals surface area (Å²) in [5.41, 5.74) is 2.82. The summed E-state index contributed by atoms with van der Waals surface area (Å²) >= 11 is 6.18. The number of carbonyl (C=O) groups is 1. The maximum atomic E-state index is 11.0. The smallest absolute Gasteiger partial charge is 0.335 e. The summed E-state index contributed by atoms with van der Waals surface area (Å²) in [7, 11) is 1.57. The van der Waals surface area contributed by atoms with Crippen LogP contribution in [0.1, 0.15) is 35.3 Å². The number of anilines is 1. The number of nitrogens with one attached hydrogen (secondary N) is 1. The van der Waals surface area contributed by atoms with Crippen molar-refractivity contribution < 1.29 is 19.4 Å². The van der Waals surface area contributed by atoms with Gasteiger partial charge in [0.2, 0.25) is 0 Å². The molecule has 6 heteroatoms. The molecule has 0 atom stereocenters. The Kier molecular flexibility index (Phi) is 6.15. The molecule has 0 spiro atoms. The molecule has 0 fully saturated rings. The maximum Gasteiger partial charge on any atom is 0.335 e. The first-order valence-electron chi connectivity index (χ1n) is 7.92. The number of carboxylic acid groups (broad SMARTS) is 1. The van der Waals surface area contributed by atoms with E-state index in [0.29, 0.717) is 23.1 Å². The van der Waals surface area contributed by atoms with Crippen LogP contribution in [0, 0.1) is 6.92 Å². The van der Waals surface area contributed by atoms with Crippen LogP contribution in [0.15, 0.2) is 30.3 Å². The van der Waals surface area contributed by atoms with Gasteiger partial charge in [0.1, 0.15) is 0 Å². The van der Waals surface area contributed by atoms with Gasteiger partial charge in [0, 0.05) is 28.9 Å². The Balaban J connectivity index is 2.28. The number of ether oxygens (including phenoxy) is 2. The van der Waals surface area contributed by atoms with Crippen LogP contribution in [-0.4, -0.2) is 24.3 Å². The van der Waals surface area contributed by atoms with Crippen LogP contribution < -0.4 is 14.8 Å². The average molecular weight is 364 g/mol. The highest BCUT2D eigenvalue weighted by atomic mass is 35.5. The average Bonchev–Trinajstić information content (AvgIpc) is 2.54. The third-order valence-corrected chi connectivity index (χ3v) is 3.83. The van der Waals surface area contributed by atoms with Gasteiger partial charge in [-0.3, -0.25) is 0 Å². The lowest BCUT2D eigenvalue weighted by atomic mass is 10.1. The minimum absolute atomic E-state index is 0.00888. The predicted molar refractivity (Wildman–Crippen MR) is 99.2 cm³/mol. The molecule has 134 valence electrons. The fourth-order valence-corrected chi connectivity index (χ4v) is 2.69. The molecule has 0 bridgehead atoms. The molecular formula is C19H22ClNO4. The largest absolute Gasteiger partial charge is 0.493 e. The fourth-order valence-electron chi connectivity index (χ4n) is 2.46. The van der Waals surface area contributed by atoms with E-state index >= 15 is 0 Å². The van der Waals surface area contributed by atoms with Crippen molar-refractivity contribution in [2.45, 2.75) is 33.4 Å². The first-order chi connectivity index (χ1) is 11.8. The monoisotopic (exact) mass is 363 g/mol. The molecular weight excluding hydrogens is 342 g/mol. The number of benzene rings is 2. The molecule has 2 aromatic rings. The molecule has 0 heterocycles. The second-order valence-electron chi connectivity index (χ2n) is 5.95. The third-order valence-electron chi connectivity index (χ3n) is 3.61. The molecule has 0 saturated heterocycles. The number of carboxylic acids is 1. The minimum atomic E-state index is -0.943. The molecule has 0 radical (unpaired) electrons. The quantitative estimate of drug-likeness (QED) is 0.742. The van der Waals surface area contributed by atoms with Crippen molar-refractivity contribution in [3.05, 3.63) is 52.0 Å². The Morgan fingerprint density at radius 2 is 2.00 bits per heavy atom. The van der Waals surface area contributed by atoms with E-state index in [0.717, 1.165) is 16.8 Å². The van der Waals surface area contributed by atoms with Gasteiger partial charge in [-0.15, -0.1) is 0 Å².